The van der Waals surface area contributed by atoms with Gasteiger partial charge in [-0.25, -0.2) is 14.4 Å². The number of aliphatic hydroxyl groups excluding tert-OH is 3. The second-order valence-corrected chi connectivity index (χ2v) is 15.6. The fourth-order valence-electron chi connectivity index (χ4n) is 5.34. The van der Waals surface area contributed by atoms with Gasteiger partial charge in [-0.05, 0) is 82.1 Å². The van der Waals surface area contributed by atoms with Crippen LogP contribution in [-0.4, -0.2) is 141 Å². The number of rotatable bonds is 8. The number of hydrogen-bond acceptors (Lipinski definition) is 13. The van der Waals surface area contributed by atoms with E-state index in [-0.39, 0.29) is 19.4 Å². The standard InChI is InChI=1S/C31H56N4O13/c1-28(2,3)46-25(40)32-14-19(37)23(39)34-17-12-16(33-26(41)47-29(4,5)6)13-18(36)21(17)45-24-20(38)22(31(10,43)15-44-24)35(11)27(42)48-30(7,8)9/h16-22,24,36-38,43H,12-15H2,1-11H3,(H,32,40)(H,33,41)(H,34,39)/t16-,17+,18-,19-,20+,21-,22+,24+,31-/m0/s1. The van der Waals surface area contributed by atoms with Crippen LogP contribution in [0.25, 0.3) is 0 Å². The van der Waals surface area contributed by atoms with Crippen LogP contribution in [0.3, 0.4) is 0 Å². The van der Waals surface area contributed by atoms with Crippen LogP contribution in [0.4, 0.5) is 14.4 Å². The molecule has 2 aliphatic rings. The molecular weight excluding hydrogens is 636 g/mol. The Bertz CT molecular complexity index is 1130. The minimum Gasteiger partial charge on any atom is -0.444 e. The van der Waals surface area contributed by atoms with Gasteiger partial charge in [-0.3, -0.25) is 4.79 Å². The Labute approximate surface area is 281 Å². The minimum atomic E-state index is -1.74. The molecule has 0 unspecified atom stereocenters. The topological polar surface area (TPSA) is 235 Å². The molecular formula is C31H56N4O13. The fraction of sp³-hybridized carbons (Fsp3) is 0.871. The lowest BCUT2D eigenvalue weighted by molar-refractivity contribution is -0.301. The maximum Gasteiger partial charge on any atom is 0.410 e. The van der Waals surface area contributed by atoms with Crippen molar-refractivity contribution in [1.82, 2.24) is 20.9 Å². The molecule has 7 N–H and O–H groups in total. The quantitative estimate of drug-likeness (QED) is 0.172. The molecule has 9 atom stereocenters. The van der Waals surface area contributed by atoms with E-state index in [1.54, 1.807) is 62.3 Å². The van der Waals surface area contributed by atoms with Crippen molar-refractivity contribution in [3.63, 3.8) is 0 Å². The first kappa shape index (κ1) is 41.2. The van der Waals surface area contributed by atoms with Crippen LogP contribution in [0.2, 0.25) is 0 Å². The molecule has 0 bridgehead atoms. The number of amides is 4. The first-order valence-corrected chi connectivity index (χ1v) is 16.0. The van der Waals surface area contributed by atoms with E-state index in [1.165, 1.54) is 14.0 Å². The summed E-state index contributed by atoms with van der Waals surface area (Å²) in [5.74, 6) is -0.939. The lowest BCUT2D eigenvalue weighted by Gasteiger charge is -2.49. The van der Waals surface area contributed by atoms with E-state index in [0.29, 0.717) is 0 Å². The predicted molar refractivity (Wildman–Crippen MR) is 170 cm³/mol. The number of hydrogen-bond donors (Lipinski definition) is 7. The van der Waals surface area contributed by atoms with Gasteiger partial charge in [0.05, 0.1) is 31.3 Å². The smallest absolute Gasteiger partial charge is 0.410 e. The van der Waals surface area contributed by atoms with Crippen molar-refractivity contribution in [1.29, 1.82) is 0 Å². The average Bonchev–Trinajstić information content (AvgIpc) is 2.87. The summed E-state index contributed by atoms with van der Waals surface area (Å²) in [4.78, 5) is 51.5. The van der Waals surface area contributed by atoms with Crippen LogP contribution in [0.15, 0.2) is 0 Å². The predicted octanol–water partition coefficient (Wildman–Crippen LogP) is 0.494. The fourth-order valence-corrected chi connectivity index (χ4v) is 5.34. The maximum atomic E-state index is 13.1. The number of ether oxygens (including phenoxy) is 5. The van der Waals surface area contributed by atoms with Crippen molar-refractivity contribution in [2.45, 2.75) is 153 Å². The highest BCUT2D eigenvalue weighted by molar-refractivity contribution is 5.82. The summed E-state index contributed by atoms with van der Waals surface area (Å²) in [7, 11) is 1.34. The van der Waals surface area contributed by atoms with Crippen molar-refractivity contribution >= 4 is 24.2 Å². The molecule has 1 aliphatic carbocycles. The van der Waals surface area contributed by atoms with Crippen LogP contribution in [0.1, 0.15) is 82.1 Å². The van der Waals surface area contributed by atoms with E-state index in [0.717, 1.165) is 4.90 Å². The molecule has 17 nitrogen and oxygen atoms in total. The van der Waals surface area contributed by atoms with Crippen molar-refractivity contribution in [3.05, 3.63) is 0 Å². The number of alkyl carbamates (subject to hydrolysis) is 2. The highest BCUT2D eigenvalue weighted by Crippen LogP contribution is 2.32. The third-order valence-electron chi connectivity index (χ3n) is 7.20. The average molecular weight is 693 g/mol. The molecule has 1 saturated heterocycles. The number of carbonyl (C=O) groups is 4. The third-order valence-corrected chi connectivity index (χ3v) is 7.20. The van der Waals surface area contributed by atoms with E-state index in [2.05, 4.69) is 16.0 Å². The van der Waals surface area contributed by atoms with E-state index in [9.17, 15) is 39.6 Å². The molecule has 0 spiro atoms. The van der Waals surface area contributed by atoms with E-state index >= 15 is 0 Å². The lowest BCUT2D eigenvalue weighted by Crippen LogP contribution is -2.68. The largest absolute Gasteiger partial charge is 0.444 e. The summed E-state index contributed by atoms with van der Waals surface area (Å²) < 4.78 is 27.5. The van der Waals surface area contributed by atoms with Crippen molar-refractivity contribution < 1.29 is 63.3 Å². The molecule has 1 heterocycles. The van der Waals surface area contributed by atoms with Gasteiger partial charge in [0, 0.05) is 13.1 Å². The zero-order chi connectivity index (χ0) is 37.0. The van der Waals surface area contributed by atoms with Crippen molar-refractivity contribution in [2.24, 2.45) is 0 Å². The Morgan fingerprint density at radius 1 is 0.896 bits per heavy atom. The Morgan fingerprint density at radius 2 is 1.44 bits per heavy atom. The molecule has 278 valence electrons. The lowest BCUT2D eigenvalue weighted by atomic mass is 9.85. The van der Waals surface area contributed by atoms with E-state index < -0.39 is 102 Å². The summed E-state index contributed by atoms with van der Waals surface area (Å²) in [6.45, 7) is 15.5. The molecule has 1 aliphatic heterocycles. The Hall–Kier alpha value is -2.96. The first-order valence-electron chi connectivity index (χ1n) is 16.0. The zero-order valence-electron chi connectivity index (χ0n) is 29.9. The summed E-state index contributed by atoms with van der Waals surface area (Å²) >= 11 is 0. The first-order chi connectivity index (χ1) is 21.7. The zero-order valence-corrected chi connectivity index (χ0v) is 29.9. The van der Waals surface area contributed by atoms with Crippen LogP contribution in [0, 0.1) is 0 Å². The normalized spacial score (nSPS) is 30.4. The molecule has 2 rings (SSSR count). The maximum absolute atomic E-state index is 13.1. The van der Waals surface area contributed by atoms with Crippen LogP contribution < -0.4 is 16.0 Å². The number of nitrogens with one attached hydrogen (secondary N) is 3. The Kier molecular flexibility index (Phi) is 13.5. The van der Waals surface area contributed by atoms with Gasteiger partial charge in [0.25, 0.3) is 5.91 Å². The molecule has 0 aromatic heterocycles. The van der Waals surface area contributed by atoms with Gasteiger partial charge in [0.2, 0.25) is 0 Å². The Balaban J connectivity index is 2.27. The molecule has 17 heteroatoms. The summed E-state index contributed by atoms with van der Waals surface area (Å²) in [5, 5.41) is 51.7. The molecule has 1 saturated carbocycles. The van der Waals surface area contributed by atoms with Gasteiger partial charge >= 0.3 is 18.3 Å². The molecule has 48 heavy (non-hydrogen) atoms. The molecule has 2 fully saturated rings. The van der Waals surface area contributed by atoms with E-state index in [1.807, 2.05) is 0 Å². The second kappa shape index (κ2) is 15.7. The minimum absolute atomic E-state index is 0.0132. The molecule has 4 amide bonds. The van der Waals surface area contributed by atoms with Gasteiger partial charge < -0.3 is 65.0 Å². The van der Waals surface area contributed by atoms with Gasteiger partial charge in [-0.1, -0.05) is 0 Å². The highest BCUT2D eigenvalue weighted by Gasteiger charge is 2.52. The molecule has 0 radical (unpaired) electrons. The van der Waals surface area contributed by atoms with Crippen molar-refractivity contribution in [3.8, 4) is 0 Å². The highest BCUT2D eigenvalue weighted by atomic mass is 16.7. The summed E-state index contributed by atoms with van der Waals surface area (Å²) in [5.41, 5.74) is -4.22. The van der Waals surface area contributed by atoms with E-state index in [4.69, 9.17) is 23.7 Å². The van der Waals surface area contributed by atoms with Gasteiger partial charge in [-0.15, -0.1) is 0 Å². The van der Waals surface area contributed by atoms with Crippen LogP contribution >= 0.6 is 0 Å². The number of carbonyl (C=O) groups excluding carboxylic acids is 4. The monoisotopic (exact) mass is 692 g/mol. The van der Waals surface area contributed by atoms with Gasteiger partial charge in [0.1, 0.15) is 40.7 Å². The molecule has 0 aromatic carbocycles. The van der Waals surface area contributed by atoms with Gasteiger partial charge in [-0.2, -0.15) is 0 Å². The van der Waals surface area contributed by atoms with Gasteiger partial charge in [0.15, 0.2) is 6.29 Å². The summed E-state index contributed by atoms with van der Waals surface area (Å²) in [6, 6.07) is -3.08. The second-order valence-electron chi connectivity index (χ2n) is 15.6. The van der Waals surface area contributed by atoms with Crippen LogP contribution in [0.5, 0.6) is 0 Å². The SMILES string of the molecule is CN(C(=O)OC(C)(C)C)[C@@H]1[C@@H](O)[C@@H](O[C@@H]2[C@@H](O)C[C@@H](NC(=O)OC(C)(C)C)C[C@H]2NC(=O)[C@@H](O)CNC(=O)OC(C)(C)C)OC[C@]1(C)O. The van der Waals surface area contributed by atoms with Crippen molar-refractivity contribution in [2.75, 3.05) is 20.2 Å². The number of likely N-dealkylation sites (N-methyl/N-ethyl adjacent to an activating group) is 1. The number of nitrogens with zero attached hydrogens (tertiary/aromatic N) is 1. The summed E-state index contributed by atoms with van der Waals surface area (Å²) in [6.07, 6.45) is -10.0. The third kappa shape index (κ3) is 12.8. The molecule has 0 aromatic rings. The number of aliphatic hydroxyl groups is 4. The van der Waals surface area contributed by atoms with Crippen LogP contribution in [-0.2, 0) is 28.5 Å². The Morgan fingerprint density at radius 3 is 1.98 bits per heavy atom.